The van der Waals surface area contributed by atoms with Gasteiger partial charge >= 0.3 is 0 Å². The van der Waals surface area contributed by atoms with E-state index in [1.165, 1.54) is 24.5 Å². The van der Waals surface area contributed by atoms with Gasteiger partial charge in [-0.3, -0.25) is 9.71 Å². The molecular weight excluding hydrogens is 340 g/mol. The van der Waals surface area contributed by atoms with Gasteiger partial charge in [0.2, 0.25) is 5.82 Å². The first-order valence-corrected chi connectivity index (χ1v) is 8.95. The predicted octanol–water partition coefficient (Wildman–Crippen LogP) is 2.56. The molecule has 3 rings (SSSR count). The number of benzene rings is 1. The number of ether oxygens (including phenoxy) is 1. The number of aromatic nitrogens is 3. The molecule has 0 unspecified atom stereocenters. The van der Waals surface area contributed by atoms with E-state index in [0.29, 0.717) is 0 Å². The Labute approximate surface area is 145 Å². The molecule has 0 aliphatic heterocycles. The largest absolute Gasteiger partial charge is 0.470 e. The van der Waals surface area contributed by atoms with Crippen molar-refractivity contribution >= 4 is 15.8 Å². The van der Waals surface area contributed by atoms with Crippen LogP contribution in [0.2, 0.25) is 0 Å². The van der Waals surface area contributed by atoms with E-state index in [1.807, 2.05) is 13.0 Å². The third-order valence-electron chi connectivity index (χ3n) is 3.33. The molecule has 128 valence electrons. The molecule has 25 heavy (non-hydrogen) atoms. The summed E-state index contributed by atoms with van der Waals surface area (Å²) in [7, 11) is -3.78. The smallest absolute Gasteiger partial charge is 0.263 e. The first-order chi connectivity index (χ1) is 12.0. The van der Waals surface area contributed by atoms with E-state index in [-0.39, 0.29) is 23.2 Å². The van der Waals surface area contributed by atoms with Crippen molar-refractivity contribution in [1.29, 1.82) is 0 Å². The minimum atomic E-state index is -3.78. The Morgan fingerprint density at radius 3 is 2.52 bits per heavy atom. The summed E-state index contributed by atoms with van der Waals surface area (Å²) in [6.45, 7) is 2.09. The first-order valence-electron chi connectivity index (χ1n) is 7.47. The Balaban J connectivity index is 1.79. The van der Waals surface area contributed by atoms with Crippen LogP contribution >= 0.6 is 0 Å². The Hall–Kier alpha value is -3.00. The fourth-order valence-electron chi connectivity index (χ4n) is 2.04. The normalized spacial score (nSPS) is 11.1. The standard InChI is InChI=1S/C17H16N4O3S/c1-13-4-6-15(7-5-13)25(22,23)21-16-17(20-10-9-19-16)24-12-14-3-2-8-18-11-14/h2-11H,12H2,1H3,(H,19,21). The summed E-state index contributed by atoms with van der Waals surface area (Å²) in [6, 6.07) is 10.2. The van der Waals surface area contributed by atoms with Gasteiger partial charge in [-0.1, -0.05) is 23.8 Å². The fraction of sp³-hybridized carbons (Fsp3) is 0.118. The number of sulfonamides is 1. The van der Waals surface area contributed by atoms with Crippen LogP contribution in [-0.4, -0.2) is 23.4 Å². The van der Waals surface area contributed by atoms with Crippen LogP contribution in [0.3, 0.4) is 0 Å². The highest BCUT2D eigenvalue weighted by molar-refractivity contribution is 7.92. The molecule has 0 saturated heterocycles. The van der Waals surface area contributed by atoms with E-state index < -0.39 is 10.0 Å². The quantitative estimate of drug-likeness (QED) is 0.729. The molecule has 0 atom stereocenters. The van der Waals surface area contributed by atoms with E-state index in [4.69, 9.17) is 4.74 Å². The summed E-state index contributed by atoms with van der Waals surface area (Å²) in [4.78, 5) is 12.2. The van der Waals surface area contributed by atoms with Gasteiger partial charge in [-0.25, -0.2) is 18.4 Å². The molecule has 2 aromatic heterocycles. The van der Waals surface area contributed by atoms with E-state index in [1.54, 1.807) is 30.6 Å². The lowest BCUT2D eigenvalue weighted by Gasteiger charge is -2.11. The molecule has 0 amide bonds. The zero-order valence-corrected chi connectivity index (χ0v) is 14.3. The van der Waals surface area contributed by atoms with Crippen molar-refractivity contribution in [2.75, 3.05) is 4.72 Å². The highest BCUT2D eigenvalue weighted by atomic mass is 32.2. The van der Waals surface area contributed by atoms with Gasteiger partial charge in [0.05, 0.1) is 4.90 Å². The Kier molecular flexibility index (Phi) is 4.90. The van der Waals surface area contributed by atoms with Crippen molar-refractivity contribution in [2.24, 2.45) is 0 Å². The molecule has 0 spiro atoms. The van der Waals surface area contributed by atoms with Gasteiger partial charge in [-0.15, -0.1) is 0 Å². The molecule has 0 fully saturated rings. The minimum absolute atomic E-state index is 0.0342. The minimum Gasteiger partial charge on any atom is -0.470 e. The first kappa shape index (κ1) is 16.8. The van der Waals surface area contributed by atoms with Crippen molar-refractivity contribution in [3.05, 3.63) is 72.3 Å². The van der Waals surface area contributed by atoms with Crippen molar-refractivity contribution < 1.29 is 13.2 Å². The molecule has 0 bridgehead atoms. The average Bonchev–Trinajstić information content (AvgIpc) is 2.62. The van der Waals surface area contributed by atoms with Crippen molar-refractivity contribution in [3.8, 4) is 5.88 Å². The van der Waals surface area contributed by atoms with Gasteiger partial charge in [0.1, 0.15) is 6.61 Å². The number of hydrogen-bond acceptors (Lipinski definition) is 6. The lowest BCUT2D eigenvalue weighted by molar-refractivity contribution is 0.294. The van der Waals surface area contributed by atoms with Crippen LogP contribution in [0, 0.1) is 6.92 Å². The van der Waals surface area contributed by atoms with Crippen LogP contribution < -0.4 is 9.46 Å². The Morgan fingerprint density at radius 2 is 1.80 bits per heavy atom. The maximum Gasteiger partial charge on any atom is 0.263 e. The summed E-state index contributed by atoms with van der Waals surface area (Å²) in [5.74, 6) is 0.133. The molecule has 1 N–H and O–H groups in total. The zero-order valence-electron chi connectivity index (χ0n) is 13.5. The Bertz CT molecular complexity index is 945. The van der Waals surface area contributed by atoms with Crippen LogP contribution in [0.1, 0.15) is 11.1 Å². The number of nitrogens with zero attached hydrogens (tertiary/aromatic N) is 3. The number of anilines is 1. The van der Waals surface area contributed by atoms with Gasteiger partial charge in [0, 0.05) is 30.4 Å². The molecule has 1 aromatic carbocycles. The highest BCUT2D eigenvalue weighted by Gasteiger charge is 2.18. The van der Waals surface area contributed by atoms with E-state index in [0.717, 1.165) is 11.1 Å². The average molecular weight is 356 g/mol. The van der Waals surface area contributed by atoms with Crippen molar-refractivity contribution in [1.82, 2.24) is 15.0 Å². The molecule has 0 saturated carbocycles. The molecular formula is C17H16N4O3S. The molecule has 0 aliphatic carbocycles. The number of hydrogen-bond donors (Lipinski definition) is 1. The number of nitrogens with one attached hydrogen (secondary N) is 1. The second-order valence-electron chi connectivity index (χ2n) is 5.28. The molecule has 0 aliphatic rings. The van der Waals surface area contributed by atoms with E-state index in [2.05, 4.69) is 19.7 Å². The maximum atomic E-state index is 12.5. The van der Waals surface area contributed by atoms with Crippen LogP contribution in [0.4, 0.5) is 5.82 Å². The lowest BCUT2D eigenvalue weighted by atomic mass is 10.2. The molecule has 2 heterocycles. The number of pyridine rings is 1. The van der Waals surface area contributed by atoms with Crippen LogP contribution in [-0.2, 0) is 16.6 Å². The monoisotopic (exact) mass is 356 g/mol. The summed E-state index contributed by atoms with van der Waals surface area (Å²) in [5.41, 5.74) is 1.81. The SMILES string of the molecule is Cc1ccc(S(=O)(=O)Nc2nccnc2OCc2cccnc2)cc1. The van der Waals surface area contributed by atoms with E-state index >= 15 is 0 Å². The fourth-order valence-corrected chi connectivity index (χ4v) is 3.05. The predicted molar refractivity (Wildman–Crippen MR) is 92.6 cm³/mol. The number of rotatable bonds is 6. The maximum absolute atomic E-state index is 12.5. The van der Waals surface area contributed by atoms with E-state index in [9.17, 15) is 8.42 Å². The van der Waals surface area contributed by atoms with Gasteiger partial charge in [0.25, 0.3) is 15.9 Å². The van der Waals surface area contributed by atoms with Crippen LogP contribution in [0.15, 0.2) is 66.1 Å². The lowest BCUT2D eigenvalue weighted by Crippen LogP contribution is -2.15. The molecule has 0 radical (unpaired) electrons. The third kappa shape index (κ3) is 4.30. The zero-order chi connectivity index (χ0) is 17.7. The van der Waals surface area contributed by atoms with Crippen LogP contribution in [0.25, 0.3) is 0 Å². The second-order valence-corrected chi connectivity index (χ2v) is 6.96. The summed E-state index contributed by atoms with van der Waals surface area (Å²) >= 11 is 0. The van der Waals surface area contributed by atoms with Crippen molar-refractivity contribution in [3.63, 3.8) is 0 Å². The summed E-state index contributed by atoms with van der Waals surface area (Å²) in [6.07, 6.45) is 6.14. The van der Waals surface area contributed by atoms with Gasteiger partial charge in [0.15, 0.2) is 0 Å². The molecule has 3 aromatic rings. The second kappa shape index (κ2) is 7.27. The third-order valence-corrected chi connectivity index (χ3v) is 4.68. The highest BCUT2D eigenvalue weighted by Crippen LogP contribution is 2.22. The van der Waals surface area contributed by atoms with Gasteiger partial charge < -0.3 is 4.74 Å². The Morgan fingerprint density at radius 1 is 1.04 bits per heavy atom. The molecule has 8 heteroatoms. The van der Waals surface area contributed by atoms with Gasteiger partial charge in [-0.05, 0) is 25.1 Å². The number of aryl methyl sites for hydroxylation is 1. The van der Waals surface area contributed by atoms with Crippen molar-refractivity contribution in [2.45, 2.75) is 18.4 Å². The molecule has 7 nitrogen and oxygen atoms in total. The summed E-state index contributed by atoms with van der Waals surface area (Å²) < 4.78 is 33.0. The van der Waals surface area contributed by atoms with Crippen LogP contribution in [0.5, 0.6) is 5.88 Å². The topological polar surface area (TPSA) is 94.1 Å². The summed E-state index contributed by atoms with van der Waals surface area (Å²) in [5, 5.41) is 0. The van der Waals surface area contributed by atoms with Gasteiger partial charge in [-0.2, -0.15) is 0 Å².